The van der Waals surface area contributed by atoms with Crippen LogP contribution in [-0.4, -0.2) is 52.6 Å². The molecule has 7 heteroatoms. The van der Waals surface area contributed by atoms with Crippen molar-refractivity contribution in [2.24, 2.45) is 5.92 Å². The van der Waals surface area contributed by atoms with Crippen molar-refractivity contribution in [2.75, 3.05) is 19.7 Å². The molecular weight excluding hydrogens is 370 g/mol. The van der Waals surface area contributed by atoms with Gasteiger partial charge in [-0.15, -0.1) is 0 Å². The Morgan fingerprint density at radius 3 is 2.83 bits per heavy atom. The summed E-state index contributed by atoms with van der Waals surface area (Å²) in [7, 11) is 0. The molecular formula is C22H31N3O4. The van der Waals surface area contributed by atoms with E-state index in [1.807, 2.05) is 29.4 Å². The predicted octanol–water partition coefficient (Wildman–Crippen LogP) is 1.65. The van der Waals surface area contributed by atoms with Crippen molar-refractivity contribution in [3.05, 3.63) is 34.2 Å². The molecule has 1 aromatic rings. The molecule has 2 fully saturated rings. The van der Waals surface area contributed by atoms with Gasteiger partial charge in [-0.1, -0.05) is 6.07 Å². The minimum atomic E-state index is -0.212. The largest absolute Gasteiger partial charge is 0.375 e. The molecule has 1 aromatic heterocycles. The van der Waals surface area contributed by atoms with E-state index in [1.54, 1.807) is 12.1 Å². The molecule has 2 amide bonds. The van der Waals surface area contributed by atoms with Gasteiger partial charge in [0.25, 0.3) is 5.56 Å². The highest BCUT2D eigenvalue weighted by molar-refractivity contribution is 5.84. The summed E-state index contributed by atoms with van der Waals surface area (Å²) in [6.45, 7) is 6.70. The first-order valence-electron chi connectivity index (χ1n) is 10.7. The van der Waals surface area contributed by atoms with Crippen LogP contribution in [-0.2, 0) is 20.9 Å². The lowest BCUT2D eigenvalue weighted by molar-refractivity contribution is -0.136. The molecule has 3 atom stereocenters. The average molecular weight is 402 g/mol. The van der Waals surface area contributed by atoms with Gasteiger partial charge in [0.2, 0.25) is 11.8 Å². The van der Waals surface area contributed by atoms with Crippen molar-refractivity contribution >= 4 is 11.8 Å². The van der Waals surface area contributed by atoms with E-state index in [1.165, 1.54) is 0 Å². The molecule has 29 heavy (non-hydrogen) atoms. The van der Waals surface area contributed by atoms with Crippen LogP contribution >= 0.6 is 0 Å². The van der Waals surface area contributed by atoms with E-state index in [0.717, 1.165) is 25.0 Å². The summed E-state index contributed by atoms with van der Waals surface area (Å²) in [5, 5.41) is 3.06. The van der Waals surface area contributed by atoms with Crippen LogP contribution in [0.2, 0.25) is 0 Å². The van der Waals surface area contributed by atoms with Crippen molar-refractivity contribution in [3.63, 3.8) is 0 Å². The van der Waals surface area contributed by atoms with Gasteiger partial charge in [0.15, 0.2) is 0 Å². The number of rotatable bonds is 4. The number of nitrogens with zero attached hydrogens (tertiary/aromatic N) is 2. The summed E-state index contributed by atoms with van der Waals surface area (Å²) in [4.78, 5) is 39.1. The van der Waals surface area contributed by atoms with Crippen molar-refractivity contribution in [1.82, 2.24) is 14.8 Å². The van der Waals surface area contributed by atoms with Gasteiger partial charge >= 0.3 is 0 Å². The zero-order valence-corrected chi connectivity index (χ0v) is 17.4. The number of carbonyl (C=O) groups is 2. The Hall–Kier alpha value is -2.15. The van der Waals surface area contributed by atoms with Crippen molar-refractivity contribution in [1.29, 1.82) is 0 Å². The number of fused-ring (bicyclic) bond motifs is 4. The number of piperidine rings is 1. The highest BCUT2D eigenvalue weighted by Gasteiger charge is 2.36. The molecule has 3 aliphatic rings. The molecule has 2 bridgehead atoms. The van der Waals surface area contributed by atoms with E-state index < -0.39 is 0 Å². The van der Waals surface area contributed by atoms with Crippen LogP contribution in [0.25, 0.3) is 0 Å². The van der Waals surface area contributed by atoms with E-state index in [9.17, 15) is 14.4 Å². The molecule has 7 nitrogen and oxygen atoms in total. The van der Waals surface area contributed by atoms with Crippen LogP contribution in [0, 0.1) is 5.92 Å². The lowest BCUT2D eigenvalue weighted by Gasteiger charge is -2.42. The number of amides is 2. The van der Waals surface area contributed by atoms with Gasteiger partial charge in [-0.05, 0) is 45.1 Å². The monoisotopic (exact) mass is 401 g/mol. The Morgan fingerprint density at radius 1 is 1.21 bits per heavy atom. The minimum absolute atomic E-state index is 0.0360. The molecule has 0 aromatic carbocycles. The predicted molar refractivity (Wildman–Crippen MR) is 109 cm³/mol. The van der Waals surface area contributed by atoms with Crippen LogP contribution in [0.3, 0.4) is 0 Å². The van der Waals surface area contributed by atoms with E-state index in [4.69, 9.17) is 4.74 Å². The summed E-state index contributed by atoms with van der Waals surface area (Å²) in [5.41, 5.74) is 0.867. The molecule has 0 unspecified atom stereocenters. The fraction of sp³-hybridized carbons (Fsp3) is 0.682. The molecule has 0 spiro atoms. The number of likely N-dealkylation sites (tertiary alicyclic amines) is 1. The quantitative estimate of drug-likeness (QED) is 0.832. The molecule has 4 rings (SSSR count). The maximum absolute atomic E-state index is 12.8. The molecule has 2 saturated heterocycles. The lowest BCUT2D eigenvalue weighted by Crippen LogP contribution is -2.49. The molecule has 158 valence electrons. The van der Waals surface area contributed by atoms with Crippen molar-refractivity contribution in [2.45, 2.75) is 70.1 Å². The Balaban J connectivity index is 1.30. The summed E-state index contributed by atoms with van der Waals surface area (Å²) in [5.74, 6) is 0.492. The number of hydrogen-bond acceptors (Lipinski definition) is 4. The molecule has 1 N–H and O–H groups in total. The highest BCUT2D eigenvalue weighted by atomic mass is 16.5. The first-order chi connectivity index (χ1) is 13.8. The minimum Gasteiger partial charge on any atom is -0.375 e. The molecule has 4 heterocycles. The van der Waals surface area contributed by atoms with Crippen LogP contribution in [0.4, 0.5) is 0 Å². The second-order valence-corrected chi connectivity index (χ2v) is 9.36. The number of pyridine rings is 1. The van der Waals surface area contributed by atoms with Crippen LogP contribution in [0.1, 0.15) is 57.6 Å². The lowest BCUT2D eigenvalue weighted by atomic mass is 9.83. The van der Waals surface area contributed by atoms with E-state index in [0.29, 0.717) is 32.2 Å². The maximum Gasteiger partial charge on any atom is 0.250 e. The number of aromatic nitrogens is 1. The van der Waals surface area contributed by atoms with Gasteiger partial charge in [-0.25, -0.2) is 0 Å². The first kappa shape index (κ1) is 20.1. The Bertz CT molecular complexity index is 847. The second kappa shape index (κ2) is 7.94. The number of carbonyl (C=O) groups excluding carboxylic acids is 2. The highest BCUT2D eigenvalue weighted by Crippen LogP contribution is 2.35. The molecule has 0 radical (unpaired) electrons. The summed E-state index contributed by atoms with van der Waals surface area (Å²) in [6, 6.07) is 5.52. The Labute approximate surface area is 171 Å². The number of nitrogens with one attached hydrogen (secondary N) is 1. The van der Waals surface area contributed by atoms with Gasteiger partial charge < -0.3 is 19.5 Å². The summed E-state index contributed by atoms with van der Waals surface area (Å²) in [6.07, 6.45) is 3.09. The third-order valence-electron chi connectivity index (χ3n) is 6.46. The van der Waals surface area contributed by atoms with Crippen molar-refractivity contribution < 1.29 is 14.3 Å². The third kappa shape index (κ3) is 4.55. The fourth-order valence-electron chi connectivity index (χ4n) is 5.13. The van der Waals surface area contributed by atoms with Gasteiger partial charge in [0, 0.05) is 62.8 Å². The van der Waals surface area contributed by atoms with Gasteiger partial charge in [0.05, 0.1) is 5.60 Å². The normalized spacial score (nSPS) is 27.8. The molecule has 0 aliphatic carbocycles. The SMILES string of the molecule is CC1(C)C[C@@H](NC(=O)CCC(=O)N2C[C@@H]3C[C@@H](C2)c2cccc(=O)n2C3)CCO1. The standard InChI is InChI=1S/C22H31N3O4/c1-22(2)11-17(8-9-29-22)23-19(26)6-7-20(27)24-12-15-10-16(14-24)18-4-3-5-21(28)25(18)13-15/h3-5,15-17H,6-14H2,1-2H3,(H,23,26)/t15-,16-,17-/m0/s1. The zero-order valence-electron chi connectivity index (χ0n) is 17.4. The van der Waals surface area contributed by atoms with E-state index in [2.05, 4.69) is 5.32 Å². The fourth-order valence-corrected chi connectivity index (χ4v) is 5.13. The maximum atomic E-state index is 12.8. The summed E-state index contributed by atoms with van der Waals surface area (Å²) >= 11 is 0. The second-order valence-electron chi connectivity index (χ2n) is 9.36. The van der Waals surface area contributed by atoms with Crippen LogP contribution in [0.5, 0.6) is 0 Å². The van der Waals surface area contributed by atoms with E-state index >= 15 is 0 Å². The Morgan fingerprint density at radius 2 is 2.03 bits per heavy atom. The van der Waals surface area contributed by atoms with Gasteiger partial charge in [-0.3, -0.25) is 14.4 Å². The smallest absolute Gasteiger partial charge is 0.250 e. The number of hydrogen-bond donors (Lipinski definition) is 1. The zero-order chi connectivity index (χ0) is 20.6. The third-order valence-corrected chi connectivity index (χ3v) is 6.46. The van der Waals surface area contributed by atoms with Gasteiger partial charge in [-0.2, -0.15) is 0 Å². The van der Waals surface area contributed by atoms with Crippen LogP contribution in [0.15, 0.2) is 23.0 Å². The first-order valence-corrected chi connectivity index (χ1v) is 10.7. The molecule has 3 aliphatic heterocycles. The summed E-state index contributed by atoms with van der Waals surface area (Å²) < 4.78 is 7.55. The topological polar surface area (TPSA) is 80.6 Å². The van der Waals surface area contributed by atoms with Crippen molar-refractivity contribution in [3.8, 4) is 0 Å². The molecule has 0 saturated carbocycles. The average Bonchev–Trinajstić information content (AvgIpc) is 2.66. The number of ether oxygens (including phenoxy) is 1. The Kier molecular flexibility index (Phi) is 5.51. The van der Waals surface area contributed by atoms with Crippen LogP contribution < -0.4 is 10.9 Å². The van der Waals surface area contributed by atoms with E-state index in [-0.39, 0.29) is 47.8 Å². The van der Waals surface area contributed by atoms with Gasteiger partial charge in [0.1, 0.15) is 0 Å².